The van der Waals surface area contributed by atoms with Crippen LogP contribution in [0.25, 0.3) is 11.0 Å². The van der Waals surface area contributed by atoms with Crippen molar-refractivity contribution in [1.29, 1.82) is 0 Å². The third-order valence-corrected chi connectivity index (χ3v) is 2.32. The topological polar surface area (TPSA) is 66.9 Å². The summed E-state index contributed by atoms with van der Waals surface area (Å²) in [5, 5.41) is 11.5. The highest BCUT2D eigenvalue weighted by Crippen LogP contribution is 2.29. The Morgan fingerprint density at radius 3 is 3.00 bits per heavy atom. The fraction of sp³-hybridized carbons (Fsp3) is 0.125. The van der Waals surface area contributed by atoms with E-state index in [1.807, 2.05) is 0 Å². The maximum Gasteiger partial charge on any atom is 0.0946 e. The van der Waals surface area contributed by atoms with Crippen molar-refractivity contribution in [3.05, 3.63) is 28.2 Å². The summed E-state index contributed by atoms with van der Waals surface area (Å²) in [5.41, 5.74) is 7.95. The Morgan fingerprint density at radius 2 is 2.31 bits per heavy atom. The van der Waals surface area contributed by atoms with Crippen molar-refractivity contribution in [2.24, 2.45) is 0 Å². The van der Waals surface area contributed by atoms with E-state index in [9.17, 15) is 5.21 Å². The van der Waals surface area contributed by atoms with Crippen LogP contribution in [-0.4, -0.2) is 9.71 Å². The van der Waals surface area contributed by atoms with Crippen LogP contribution in [0.3, 0.4) is 0 Å². The zero-order valence-corrected chi connectivity index (χ0v) is 7.67. The highest BCUT2D eigenvalue weighted by atomic mass is 35.5. The molecule has 0 bridgehead atoms. The number of nitrogen functional groups attached to an aromatic ring is 1. The van der Waals surface area contributed by atoms with Crippen LogP contribution >= 0.6 is 11.6 Å². The third kappa shape index (κ3) is 1.02. The Hall–Kier alpha value is -1.42. The van der Waals surface area contributed by atoms with Crippen LogP contribution in [-0.2, 0) is 0 Å². The predicted molar refractivity (Wildman–Crippen MR) is 52.7 cm³/mol. The molecule has 1 aromatic carbocycles. The number of rotatable bonds is 0. The van der Waals surface area contributed by atoms with Gasteiger partial charge in [0, 0.05) is 5.69 Å². The summed E-state index contributed by atoms with van der Waals surface area (Å²) < 4.78 is 0.643. The zero-order valence-electron chi connectivity index (χ0n) is 6.91. The summed E-state index contributed by atoms with van der Waals surface area (Å²) >= 11 is 5.84. The van der Waals surface area contributed by atoms with E-state index in [2.05, 4.69) is 4.98 Å². The number of halogens is 1. The van der Waals surface area contributed by atoms with Gasteiger partial charge in [-0.05, 0) is 18.6 Å². The Kier molecular flexibility index (Phi) is 1.60. The van der Waals surface area contributed by atoms with Gasteiger partial charge in [-0.3, -0.25) is 0 Å². The normalized spacial score (nSPS) is 10.9. The largest absolute Gasteiger partial charge is 0.804 e. The van der Waals surface area contributed by atoms with Crippen LogP contribution in [0.1, 0.15) is 5.56 Å². The van der Waals surface area contributed by atoms with Gasteiger partial charge in [-0.25, -0.2) is 4.98 Å². The lowest BCUT2D eigenvalue weighted by molar-refractivity contribution is 1.11. The fourth-order valence-corrected chi connectivity index (χ4v) is 1.57. The number of hydrogen-bond acceptors (Lipinski definition) is 3. The molecule has 1 aromatic heterocycles. The molecule has 0 spiro atoms. The van der Waals surface area contributed by atoms with E-state index >= 15 is 0 Å². The fourth-order valence-electron chi connectivity index (χ4n) is 1.28. The van der Waals surface area contributed by atoms with Crippen LogP contribution in [0.2, 0.25) is 5.02 Å². The molecule has 4 nitrogen and oxygen atoms in total. The van der Waals surface area contributed by atoms with E-state index in [1.54, 1.807) is 13.0 Å². The van der Waals surface area contributed by atoms with Gasteiger partial charge in [-0.2, -0.15) is 0 Å². The van der Waals surface area contributed by atoms with Gasteiger partial charge in [0.15, 0.2) is 0 Å². The maximum absolute atomic E-state index is 11.2. The highest BCUT2D eigenvalue weighted by molar-refractivity contribution is 6.35. The summed E-state index contributed by atoms with van der Waals surface area (Å²) in [6.07, 6.45) is 1.18. The van der Waals surface area contributed by atoms with Crippen molar-refractivity contribution in [1.82, 2.24) is 9.71 Å². The molecule has 0 aliphatic heterocycles. The first kappa shape index (κ1) is 8.19. The van der Waals surface area contributed by atoms with Gasteiger partial charge < -0.3 is 15.7 Å². The third-order valence-electron chi connectivity index (χ3n) is 2.03. The van der Waals surface area contributed by atoms with Gasteiger partial charge in [0.05, 0.1) is 22.4 Å². The van der Waals surface area contributed by atoms with Crippen LogP contribution < -0.4 is 5.73 Å². The van der Waals surface area contributed by atoms with Crippen molar-refractivity contribution in [2.75, 3.05) is 5.73 Å². The number of anilines is 1. The van der Waals surface area contributed by atoms with E-state index in [4.69, 9.17) is 17.3 Å². The Morgan fingerprint density at radius 1 is 1.62 bits per heavy atom. The van der Waals surface area contributed by atoms with Gasteiger partial charge in [0.2, 0.25) is 0 Å². The van der Waals surface area contributed by atoms with E-state index in [0.29, 0.717) is 26.5 Å². The monoisotopic (exact) mass is 196 g/mol. The van der Waals surface area contributed by atoms with Crippen LogP contribution in [0.5, 0.6) is 0 Å². The van der Waals surface area contributed by atoms with Gasteiger partial charge in [0.25, 0.3) is 0 Å². The van der Waals surface area contributed by atoms with Gasteiger partial charge in [0.1, 0.15) is 0 Å². The lowest BCUT2D eigenvalue weighted by Crippen LogP contribution is -1.92. The van der Waals surface area contributed by atoms with Gasteiger partial charge in [-0.1, -0.05) is 11.6 Å². The standard InChI is InChI=1S/C8H7ClN3O/c1-4-6(10)2-5(9)8-7(4)11-3-12(8)13/h2-3H,10H2,1H3/q-1. The quantitative estimate of drug-likeness (QED) is 0.655. The lowest BCUT2D eigenvalue weighted by Gasteiger charge is -2.09. The van der Waals surface area contributed by atoms with E-state index < -0.39 is 0 Å². The summed E-state index contributed by atoms with van der Waals surface area (Å²) in [6, 6.07) is 1.56. The van der Waals surface area contributed by atoms with Crippen molar-refractivity contribution >= 4 is 28.3 Å². The molecule has 0 saturated heterocycles. The first-order valence-corrected chi connectivity index (χ1v) is 4.08. The molecule has 0 fully saturated rings. The highest BCUT2D eigenvalue weighted by Gasteiger charge is 2.08. The molecular weight excluding hydrogens is 190 g/mol. The van der Waals surface area contributed by atoms with Gasteiger partial charge in [-0.15, -0.1) is 0 Å². The van der Waals surface area contributed by atoms with Crippen molar-refractivity contribution in [3.63, 3.8) is 0 Å². The smallest absolute Gasteiger partial charge is 0.0946 e. The summed E-state index contributed by atoms with van der Waals surface area (Å²) in [6.45, 7) is 1.81. The Balaban J connectivity index is 2.99. The number of imidazole rings is 1. The van der Waals surface area contributed by atoms with Crippen LogP contribution in [0, 0.1) is 12.1 Å². The SMILES string of the molecule is Cc1c(N)cc(Cl)c2c1ncn2[O-]. The number of aryl methyl sites for hydroxylation is 1. The molecule has 0 atom stereocenters. The first-order chi connectivity index (χ1) is 6.11. The molecule has 2 N–H and O–H groups in total. The number of nitrogens with zero attached hydrogens (tertiary/aromatic N) is 2. The molecule has 0 saturated carbocycles. The number of nitrogens with two attached hydrogens (primary N) is 1. The van der Waals surface area contributed by atoms with E-state index in [1.165, 1.54) is 6.33 Å². The van der Waals surface area contributed by atoms with E-state index in [-0.39, 0.29) is 0 Å². The molecule has 0 aliphatic rings. The zero-order chi connectivity index (χ0) is 9.59. The average molecular weight is 197 g/mol. The Bertz CT molecular complexity index is 478. The van der Waals surface area contributed by atoms with Crippen LogP contribution in [0.4, 0.5) is 5.69 Å². The molecule has 1 heterocycles. The molecule has 2 rings (SSSR count). The second-order valence-electron chi connectivity index (χ2n) is 2.84. The molecule has 0 aliphatic carbocycles. The summed E-state index contributed by atoms with van der Waals surface area (Å²) in [4.78, 5) is 3.93. The number of aromatic nitrogens is 2. The minimum Gasteiger partial charge on any atom is -0.804 e. The number of benzene rings is 1. The molecule has 5 heteroatoms. The molecule has 0 amide bonds. The second kappa shape index (κ2) is 2.53. The molecule has 2 aromatic rings. The van der Waals surface area contributed by atoms with Crippen molar-refractivity contribution < 1.29 is 0 Å². The molecule has 68 valence electrons. The lowest BCUT2D eigenvalue weighted by atomic mass is 10.1. The first-order valence-electron chi connectivity index (χ1n) is 3.70. The number of hydrogen-bond donors (Lipinski definition) is 1. The predicted octanol–water partition coefficient (Wildman–Crippen LogP) is 1.93. The molecular formula is C8H7ClN3O-. The minimum atomic E-state index is 0.339. The summed E-state index contributed by atoms with van der Waals surface area (Å²) in [5.74, 6) is 0. The van der Waals surface area contributed by atoms with Gasteiger partial charge >= 0.3 is 0 Å². The van der Waals surface area contributed by atoms with E-state index in [0.717, 1.165) is 5.56 Å². The molecule has 0 radical (unpaired) electrons. The van der Waals surface area contributed by atoms with Crippen molar-refractivity contribution in [3.8, 4) is 0 Å². The molecule has 13 heavy (non-hydrogen) atoms. The summed E-state index contributed by atoms with van der Waals surface area (Å²) in [7, 11) is 0. The second-order valence-corrected chi connectivity index (χ2v) is 3.25. The minimum absolute atomic E-state index is 0.339. The number of fused-ring (bicyclic) bond motifs is 1. The maximum atomic E-state index is 11.2. The average Bonchev–Trinajstić information content (AvgIpc) is 2.44. The van der Waals surface area contributed by atoms with Crippen LogP contribution in [0.15, 0.2) is 12.4 Å². The Labute approximate surface area is 79.5 Å². The van der Waals surface area contributed by atoms with Crippen molar-refractivity contribution in [2.45, 2.75) is 6.92 Å². The molecule has 0 unspecified atom stereocenters.